The van der Waals surface area contributed by atoms with E-state index in [-0.39, 0.29) is 36.6 Å². The summed E-state index contributed by atoms with van der Waals surface area (Å²) in [6.45, 7) is 25.1. The van der Waals surface area contributed by atoms with Crippen molar-refractivity contribution in [3.63, 3.8) is 0 Å². The lowest BCUT2D eigenvalue weighted by Crippen LogP contribution is -2.80. The Morgan fingerprint density at radius 3 is 1.86 bits per heavy atom. The average molecular weight is 533 g/mol. The van der Waals surface area contributed by atoms with Crippen LogP contribution in [0.5, 0.6) is 0 Å². The minimum atomic E-state index is -2.23. The number of cyclic esters (lactones) is 1. The molecule has 1 aromatic carbocycles. The molecular weight excluding hydrogens is 484 g/mol. The molecule has 0 spiro atoms. The summed E-state index contributed by atoms with van der Waals surface area (Å²) in [6, 6.07) is 8.92. The predicted molar refractivity (Wildman–Crippen MR) is 151 cm³/mol. The molecule has 4 atom stereocenters. The Morgan fingerprint density at radius 2 is 1.42 bits per heavy atom. The lowest BCUT2D eigenvalue weighted by Gasteiger charge is -2.60. The molecule has 0 aliphatic carbocycles. The third-order valence-corrected chi connectivity index (χ3v) is 16.3. The maximum absolute atomic E-state index is 13.9. The second-order valence-electron chi connectivity index (χ2n) is 12.9. The van der Waals surface area contributed by atoms with Gasteiger partial charge in [-0.1, -0.05) is 105 Å². The molecule has 0 N–H and O–H groups in total. The molecule has 0 saturated carbocycles. The van der Waals surface area contributed by atoms with Gasteiger partial charge in [0.05, 0.1) is 18.2 Å². The van der Waals surface area contributed by atoms with Crippen molar-refractivity contribution in [1.82, 2.24) is 9.47 Å². The topological polar surface area (TPSA) is 59.1 Å². The van der Waals surface area contributed by atoms with Crippen molar-refractivity contribution in [2.24, 2.45) is 5.92 Å². The zero-order valence-corrected chi connectivity index (χ0v) is 26.2. The molecule has 2 aliphatic heterocycles. The van der Waals surface area contributed by atoms with Gasteiger partial charge in [-0.2, -0.15) is 0 Å². The fraction of sp³-hybridized carbons (Fsp3) is 0.714. The van der Waals surface area contributed by atoms with Crippen LogP contribution in [0.15, 0.2) is 30.3 Å². The molecule has 2 amide bonds. The van der Waals surface area contributed by atoms with E-state index in [2.05, 4.69) is 79.6 Å². The van der Waals surface area contributed by atoms with E-state index in [0.717, 1.165) is 5.56 Å². The summed E-state index contributed by atoms with van der Waals surface area (Å²) in [4.78, 5) is 28.8. The maximum Gasteiger partial charge on any atom is 0.411 e. The smallest absolute Gasteiger partial charge is 0.411 e. The minimum Gasteiger partial charge on any atom is -0.447 e. The van der Waals surface area contributed by atoms with Gasteiger partial charge in [0.1, 0.15) is 12.6 Å². The number of carbonyl (C=O) groups excluding carboxylic acids is 2. The number of β-lactam (4-membered cyclic amide) rings is 1. The molecule has 0 unspecified atom stereocenters. The number of benzene rings is 1. The molecule has 1 aromatic rings. The number of nitrogens with zero attached hydrogens (tertiary/aromatic N) is 2. The fourth-order valence-corrected chi connectivity index (χ4v) is 14.5. The molecule has 2 aliphatic rings. The average Bonchev–Trinajstić information content (AvgIpc) is 3.12. The molecule has 2 heterocycles. The number of hydrogen-bond acceptors (Lipinski definition) is 4. The van der Waals surface area contributed by atoms with Gasteiger partial charge < -0.3 is 13.7 Å². The lowest BCUT2D eigenvalue weighted by atomic mass is 9.85. The van der Waals surface area contributed by atoms with E-state index in [4.69, 9.17) is 9.16 Å². The first kappa shape index (κ1) is 28.9. The Labute approximate surface area is 220 Å². The summed E-state index contributed by atoms with van der Waals surface area (Å²) in [7, 11) is -4.27. The van der Waals surface area contributed by atoms with E-state index >= 15 is 0 Å². The van der Waals surface area contributed by atoms with E-state index in [1.807, 2.05) is 30.3 Å². The summed E-state index contributed by atoms with van der Waals surface area (Å²) in [5.41, 5.74) is 2.30. The van der Waals surface area contributed by atoms with Crippen molar-refractivity contribution in [3.8, 4) is 0 Å². The molecule has 0 radical (unpaired) electrons. The predicted octanol–water partition coefficient (Wildman–Crippen LogP) is 6.81. The Morgan fingerprint density at radius 1 is 0.889 bits per heavy atom. The van der Waals surface area contributed by atoms with Crippen LogP contribution < -0.4 is 0 Å². The van der Waals surface area contributed by atoms with Crippen LogP contribution in [0, 0.1) is 5.92 Å². The van der Waals surface area contributed by atoms with Gasteiger partial charge >= 0.3 is 6.09 Å². The van der Waals surface area contributed by atoms with Crippen LogP contribution in [-0.4, -0.2) is 62.8 Å². The summed E-state index contributed by atoms with van der Waals surface area (Å²) in [5.74, 6) is 0.237. The van der Waals surface area contributed by atoms with Crippen molar-refractivity contribution < 1.29 is 18.8 Å². The molecular formula is C28H48N2O4Si2. The molecule has 3 rings (SSSR count). The Hall–Kier alpha value is -1.65. The van der Waals surface area contributed by atoms with Gasteiger partial charge in [0.2, 0.25) is 14.2 Å². The first-order valence-corrected chi connectivity index (χ1v) is 19.3. The van der Waals surface area contributed by atoms with Crippen LogP contribution in [0.1, 0.15) is 67.0 Å². The maximum atomic E-state index is 13.9. The minimum absolute atomic E-state index is 0.0408. The standard InChI is InChI=1S/C28H48N2O4Si2/c1-18(2)26(34-36(19(3)4,20(5)6)21(7)8)24-25(27(31)30(24)35(9,10)11)29-23(17-33-28(29)32)22-15-13-12-14-16-22/h12-16,18-21,23-26H,17H2,1-11H3/t23-,24-,25+,26+/m1/s1. The highest BCUT2D eigenvalue weighted by molar-refractivity contribution is 6.78. The van der Waals surface area contributed by atoms with Crippen LogP contribution in [0.3, 0.4) is 0 Å². The number of amides is 2. The van der Waals surface area contributed by atoms with Gasteiger partial charge in [-0.15, -0.1) is 0 Å². The Kier molecular flexibility index (Phi) is 8.53. The zero-order valence-electron chi connectivity index (χ0n) is 24.2. The molecule has 202 valence electrons. The van der Waals surface area contributed by atoms with Crippen LogP contribution in [0.25, 0.3) is 0 Å². The second-order valence-corrected chi connectivity index (χ2v) is 23.1. The van der Waals surface area contributed by atoms with Gasteiger partial charge in [0.25, 0.3) is 0 Å². The fourth-order valence-electron chi connectivity index (χ4n) is 6.80. The van der Waals surface area contributed by atoms with Crippen LogP contribution in [0.4, 0.5) is 4.79 Å². The van der Waals surface area contributed by atoms with Crippen LogP contribution in [-0.2, 0) is 14.0 Å². The van der Waals surface area contributed by atoms with Crippen molar-refractivity contribution in [2.45, 2.75) is 116 Å². The quantitative estimate of drug-likeness (QED) is 0.245. The molecule has 0 bridgehead atoms. The zero-order chi connectivity index (χ0) is 27.2. The summed E-state index contributed by atoms with van der Waals surface area (Å²) in [5, 5.41) is 0. The van der Waals surface area contributed by atoms with Gasteiger partial charge in [-0.05, 0) is 28.1 Å². The van der Waals surface area contributed by atoms with E-state index in [1.165, 1.54) is 0 Å². The van der Waals surface area contributed by atoms with Crippen LogP contribution >= 0.6 is 0 Å². The molecule has 2 fully saturated rings. The van der Waals surface area contributed by atoms with Crippen molar-refractivity contribution >= 4 is 28.6 Å². The van der Waals surface area contributed by atoms with E-state index in [0.29, 0.717) is 16.6 Å². The van der Waals surface area contributed by atoms with Gasteiger partial charge in [-0.25, -0.2) is 4.79 Å². The third-order valence-electron chi connectivity index (χ3n) is 8.27. The van der Waals surface area contributed by atoms with Crippen molar-refractivity contribution in [1.29, 1.82) is 0 Å². The highest BCUT2D eigenvalue weighted by Gasteiger charge is 2.63. The Bertz CT molecular complexity index is 907. The Balaban J connectivity index is 2.10. The van der Waals surface area contributed by atoms with E-state index in [1.54, 1.807) is 4.90 Å². The number of hydrogen-bond donors (Lipinski definition) is 0. The molecule has 8 heteroatoms. The third kappa shape index (κ3) is 4.93. The van der Waals surface area contributed by atoms with Gasteiger partial charge in [0, 0.05) is 0 Å². The normalized spacial score (nSPS) is 24.2. The largest absolute Gasteiger partial charge is 0.447 e. The van der Waals surface area contributed by atoms with Gasteiger partial charge in [0.15, 0.2) is 8.24 Å². The monoisotopic (exact) mass is 532 g/mol. The first-order chi connectivity index (χ1) is 16.7. The number of carbonyl (C=O) groups is 2. The molecule has 6 nitrogen and oxygen atoms in total. The van der Waals surface area contributed by atoms with Crippen LogP contribution in [0.2, 0.25) is 36.3 Å². The molecule has 2 saturated heterocycles. The number of rotatable bonds is 10. The summed E-state index contributed by atoms with van der Waals surface area (Å²) >= 11 is 0. The van der Waals surface area contributed by atoms with Crippen molar-refractivity contribution in [3.05, 3.63) is 35.9 Å². The molecule has 0 aromatic heterocycles. The number of ether oxygens (including phenoxy) is 1. The summed E-state index contributed by atoms with van der Waals surface area (Å²) in [6.07, 6.45) is -0.548. The first-order valence-electron chi connectivity index (χ1n) is 13.7. The highest BCUT2D eigenvalue weighted by Crippen LogP contribution is 2.47. The van der Waals surface area contributed by atoms with E-state index in [9.17, 15) is 9.59 Å². The van der Waals surface area contributed by atoms with Crippen molar-refractivity contribution in [2.75, 3.05) is 6.61 Å². The van der Waals surface area contributed by atoms with E-state index < -0.39 is 28.7 Å². The second kappa shape index (κ2) is 10.6. The summed E-state index contributed by atoms with van der Waals surface area (Å²) < 4.78 is 15.1. The van der Waals surface area contributed by atoms with Gasteiger partial charge in [-0.3, -0.25) is 9.69 Å². The highest BCUT2D eigenvalue weighted by atomic mass is 28.4. The lowest BCUT2D eigenvalue weighted by molar-refractivity contribution is -0.157. The SMILES string of the molecule is CC(C)[C@H](O[Si](C(C)C)(C(C)C)C(C)C)[C@H]1[C@H](N2C(=O)OC[C@@H]2c2ccccc2)C(=O)N1[Si](C)(C)C. The molecule has 36 heavy (non-hydrogen) atoms.